The van der Waals surface area contributed by atoms with Crippen molar-refractivity contribution in [2.75, 3.05) is 20.2 Å². The van der Waals surface area contributed by atoms with Crippen molar-refractivity contribution in [2.45, 2.75) is 38.6 Å². The Balaban J connectivity index is 2.39. The van der Waals surface area contributed by atoms with Gasteiger partial charge < -0.3 is 20.1 Å². The maximum absolute atomic E-state index is 12.7. The van der Waals surface area contributed by atoms with E-state index in [1.807, 2.05) is 25.1 Å². The van der Waals surface area contributed by atoms with Crippen molar-refractivity contribution in [3.05, 3.63) is 29.8 Å². The summed E-state index contributed by atoms with van der Waals surface area (Å²) in [5.41, 5.74) is 0.773. The van der Waals surface area contributed by atoms with E-state index in [0.717, 1.165) is 18.4 Å². The standard InChI is InChI=1S/C19H26N2O5/c1-3-4-11-21-16(22)10-9-14(19(25)20-12-17(23)24)18(21)13-7-5-6-8-15(13)26-2/h5-8,14,18H,3-4,9-12H2,1-2H3,(H,20,25)(H,23,24)/t14-,18+/m1/s1. The van der Waals surface area contributed by atoms with E-state index >= 15 is 0 Å². The molecule has 1 aromatic rings. The molecule has 2 N–H and O–H groups in total. The van der Waals surface area contributed by atoms with Crippen LogP contribution < -0.4 is 10.1 Å². The van der Waals surface area contributed by atoms with E-state index in [0.29, 0.717) is 18.7 Å². The van der Waals surface area contributed by atoms with Gasteiger partial charge in [0.05, 0.1) is 19.1 Å². The number of aliphatic carboxylic acids is 1. The predicted octanol–water partition coefficient (Wildman–Crippen LogP) is 1.98. The minimum Gasteiger partial charge on any atom is -0.496 e. The Morgan fingerprint density at radius 1 is 1.35 bits per heavy atom. The van der Waals surface area contributed by atoms with E-state index in [2.05, 4.69) is 5.32 Å². The summed E-state index contributed by atoms with van der Waals surface area (Å²) in [4.78, 5) is 37.8. The van der Waals surface area contributed by atoms with Gasteiger partial charge in [-0.1, -0.05) is 31.5 Å². The van der Waals surface area contributed by atoms with E-state index in [1.54, 1.807) is 18.1 Å². The van der Waals surface area contributed by atoms with Crippen LogP contribution in [0.2, 0.25) is 0 Å². The third kappa shape index (κ3) is 4.53. The number of carbonyl (C=O) groups excluding carboxylic acids is 2. The first-order valence-corrected chi connectivity index (χ1v) is 8.91. The number of hydrogen-bond donors (Lipinski definition) is 2. The second kappa shape index (κ2) is 9.22. The Hall–Kier alpha value is -2.57. The van der Waals surface area contributed by atoms with Crippen LogP contribution in [0.3, 0.4) is 0 Å². The Morgan fingerprint density at radius 2 is 2.08 bits per heavy atom. The van der Waals surface area contributed by atoms with Crippen molar-refractivity contribution in [2.24, 2.45) is 5.92 Å². The van der Waals surface area contributed by atoms with Gasteiger partial charge in [0.25, 0.3) is 0 Å². The fraction of sp³-hybridized carbons (Fsp3) is 0.526. The molecule has 7 nitrogen and oxygen atoms in total. The SMILES string of the molecule is CCCCN1C(=O)CC[C@@H](C(=O)NCC(=O)O)[C@@H]1c1ccccc1OC. The molecule has 2 rings (SSSR count). The molecule has 0 saturated carbocycles. The molecule has 0 aromatic heterocycles. The van der Waals surface area contributed by atoms with Gasteiger partial charge in [0.15, 0.2) is 0 Å². The third-order valence-corrected chi connectivity index (χ3v) is 4.67. The lowest BCUT2D eigenvalue weighted by atomic mass is 9.83. The van der Waals surface area contributed by atoms with Gasteiger partial charge in [-0.3, -0.25) is 14.4 Å². The minimum atomic E-state index is -1.10. The van der Waals surface area contributed by atoms with Crippen LogP contribution in [0.5, 0.6) is 5.75 Å². The number of ether oxygens (including phenoxy) is 1. The Morgan fingerprint density at radius 3 is 2.73 bits per heavy atom. The lowest BCUT2D eigenvalue weighted by molar-refractivity contribution is -0.145. The number of nitrogens with zero attached hydrogens (tertiary/aromatic N) is 1. The number of amides is 2. The fourth-order valence-corrected chi connectivity index (χ4v) is 3.41. The summed E-state index contributed by atoms with van der Waals surface area (Å²) < 4.78 is 5.45. The summed E-state index contributed by atoms with van der Waals surface area (Å²) in [6.45, 7) is 2.17. The topological polar surface area (TPSA) is 95.9 Å². The van der Waals surface area contributed by atoms with Crippen LogP contribution in [0.25, 0.3) is 0 Å². The summed E-state index contributed by atoms with van der Waals surface area (Å²) in [7, 11) is 1.55. The molecule has 7 heteroatoms. The average molecular weight is 362 g/mol. The molecular formula is C19H26N2O5. The summed E-state index contributed by atoms with van der Waals surface area (Å²) in [6.07, 6.45) is 2.43. The van der Waals surface area contributed by atoms with E-state index in [4.69, 9.17) is 9.84 Å². The summed E-state index contributed by atoms with van der Waals surface area (Å²) in [6, 6.07) is 6.88. The number of nitrogens with one attached hydrogen (secondary N) is 1. The highest BCUT2D eigenvalue weighted by atomic mass is 16.5. The van der Waals surface area contributed by atoms with Crippen LogP contribution >= 0.6 is 0 Å². The summed E-state index contributed by atoms with van der Waals surface area (Å²) in [5.74, 6) is -1.33. The Labute approximate surface area is 153 Å². The first-order chi connectivity index (χ1) is 12.5. The second-order valence-corrected chi connectivity index (χ2v) is 6.38. The van der Waals surface area contributed by atoms with Crippen LogP contribution in [-0.2, 0) is 14.4 Å². The van der Waals surface area contributed by atoms with Gasteiger partial charge in [0.2, 0.25) is 11.8 Å². The average Bonchev–Trinajstić information content (AvgIpc) is 2.64. The van der Waals surface area contributed by atoms with Crippen molar-refractivity contribution >= 4 is 17.8 Å². The van der Waals surface area contributed by atoms with Gasteiger partial charge in [0.1, 0.15) is 12.3 Å². The van der Waals surface area contributed by atoms with E-state index in [-0.39, 0.29) is 18.2 Å². The van der Waals surface area contributed by atoms with Crippen molar-refractivity contribution < 1.29 is 24.2 Å². The number of hydrogen-bond acceptors (Lipinski definition) is 4. The monoisotopic (exact) mass is 362 g/mol. The van der Waals surface area contributed by atoms with Crippen LogP contribution in [0, 0.1) is 5.92 Å². The van der Waals surface area contributed by atoms with E-state index < -0.39 is 24.5 Å². The molecule has 1 aliphatic heterocycles. The maximum Gasteiger partial charge on any atom is 0.322 e. The molecular weight excluding hydrogens is 336 g/mol. The van der Waals surface area contributed by atoms with Crippen LogP contribution in [0.1, 0.15) is 44.2 Å². The molecule has 26 heavy (non-hydrogen) atoms. The molecule has 0 radical (unpaired) electrons. The number of piperidine rings is 1. The highest BCUT2D eigenvalue weighted by Gasteiger charge is 2.41. The molecule has 1 aliphatic rings. The molecule has 1 fully saturated rings. The number of para-hydroxylation sites is 1. The maximum atomic E-state index is 12.7. The van der Waals surface area contributed by atoms with Gasteiger partial charge in [-0.15, -0.1) is 0 Å². The zero-order chi connectivity index (χ0) is 19.1. The Kier molecular flexibility index (Phi) is 7.00. The molecule has 0 spiro atoms. The van der Waals surface area contributed by atoms with Crippen molar-refractivity contribution in [1.29, 1.82) is 0 Å². The number of methoxy groups -OCH3 is 1. The highest BCUT2D eigenvalue weighted by Crippen LogP contribution is 2.40. The number of rotatable bonds is 8. The van der Waals surface area contributed by atoms with Crippen molar-refractivity contribution in [3.63, 3.8) is 0 Å². The van der Waals surface area contributed by atoms with Crippen LogP contribution in [0.15, 0.2) is 24.3 Å². The zero-order valence-corrected chi connectivity index (χ0v) is 15.2. The smallest absolute Gasteiger partial charge is 0.322 e. The molecule has 0 unspecified atom stereocenters. The Bertz CT molecular complexity index is 661. The quantitative estimate of drug-likeness (QED) is 0.737. The normalized spacial score (nSPS) is 19.9. The third-order valence-electron chi connectivity index (χ3n) is 4.67. The van der Waals surface area contributed by atoms with E-state index in [9.17, 15) is 14.4 Å². The first-order valence-electron chi connectivity index (χ1n) is 8.91. The van der Waals surface area contributed by atoms with Gasteiger partial charge in [0, 0.05) is 18.5 Å². The lowest BCUT2D eigenvalue weighted by Crippen LogP contribution is -2.49. The fourth-order valence-electron chi connectivity index (χ4n) is 3.41. The molecule has 142 valence electrons. The number of carbonyl (C=O) groups is 3. The second-order valence-electron chi connectivity index (χ2n) is 6.38. The number of carboxylic acid groups (broad SMARTS) is 1. The zero-order valence-electron chi connectivity index (χ0n) is 15.2. The van der Waals surface area contributed by atoms with Crippen LogP contribution in [0.4, 0.5) is 0 Å². The number of carboxylic acids is 1. The molecule has 0 aliphatic carbocycles. The molecule has 1 saturated heterocycles. The van der Waals surface area contributed by atoms with Gasteiger partial charge in [-0.25, -0.2) is 0 Å². The highest BCUT2D eigenvalue weighted by molar-refractivity contribution is 5.87. The number of likely N-dealkylation sites (tertiary alicyclic amines) is 1. The first kappa shape index (κ1) is 19.8. The summed E-state index contributed by atoms with van der Waals surface area (Å²) >= 11 is 0. The molecule has 1 aromatic carbocycles. The molecule has 0 bridgehead atoms. The summed E-state index contributed by atoms with van der Waals surface area (Å²) in [5, 5.41) is 11.3. The van der Waals surface area contributed by atoms with Crippen molar-refractivity contribution in [1.82, 2.24) is 10.2 Å². The van der Waals surface area contributed by atoms with Crippen LogP contribution in [-0.4, -0.2) is 48.0 Å². The van der Waals surface area contributed by atoms with E-state index in [1.165, 1.54) is 0 Å². The van der Waals surface area contributed by atoms with Gasteiger partial charge in [-0.2, -0.15) is 0 Å². The lowest BCUT2D eigenvalue weighted by Gasteiger charge is -2.41. The number of unbranched alkanes of at least 4 members (excludes halogenated alkanes) is 1. The molecule has 2 atom stereocenters. The van der Waals surface area contributed by atoms with Crippen molar-refractivity contribution in [3.8, 4) is 5.75 Å². The van der Waals surface area contributed by atoms with Gasteiger partial charge in [-0.05, 0) is 18.9 Å². The number of benzene rings is 1. The largest absolute Gasteiger partial charge is 0.496 e. The molecule has 1 heterocycles. The molecule has 2 amide bonds. The minimum absolute atomic E-state index is 0.0108. The van der Waals surface area contributed by atoms with Gasteiger partial charge >= 0.3 is 5.97 Å². The predicted molar refractivity (Wildman–Crippen MR) is 95.7 cm³/mol.